The molecule has 1 unspecified atom stereocenters. The molecule has 0 aromatic carbocycles. The number of hydrogen-bond acceptors (Lipinski definition) is 3. The number of aryl methyl sites for hydroxylation is 1. The van der Waals surface area contributed by atoms with Gasteiger partial charge in [0.05, 0.1) is 11.6 Å². The summed E-state index contributed by atoms with van der Waals surface area (Å²) in [4.78, 5) is 13.8. The van der Waals surface area contributed by atoms with Gasteiger partial charge in [0.2, 0.25) is 0 Å². The summed E-state index contributed by atoms with van der Waals surface area (Å²) in [5.41, 5.74) is 0.586. The van der Waals surface area contributed by atoms with E-state index in [0.717, 1.165) is 32.5 Å². The number of carboxylic acids is 1. The van der Waals surface area contributed by atoms with Gasteiger partial charge in [0.15, 0.2) is 0 Å². The number of likely N-dealkylation sites (tertiary alicyclic amines) is 1. The highest BCUT2D eigenvalue weighted by atomic mass is 16.4. The standard InChI is InChI=1S/C15H25N3O2/c1-4-6-18-10-13(8-16-18)9-17-7-5-15(11-17,12(2)3)14(19)20/h8,10,12H,4-7,9,11H2,1-3H3,(H,19,20). The van der Waals surface area contributed by atoms with Gasteiger partial charge in [0, 0.05) is 31.4 Å². The van der Waals surface area contributed by atoms with Crippen molar-refractivity contribution in [3.05, 3.63) is 18.0 Å². The molecule has 0 bridgehead atoms. The summed E-state index contributed by atoms with van der Waals surface area (Å²) in [7, 11) is 0. The summed E-state index contributed by atoms with van der Waals surface area (Å²) in [6.45, 7) is 9.37. The summed E-state index contributed by atoms with van der Waals surface area (Å²) < 4.78 is 1.96. The third-order valence-corrected chi connectivity index (χ3v) is 4.46. The summed E-state index contributed by atoms with van der Waals surface area (Å²) in [6, 6.07) is 0. The van der Waals surface area contributed by atoms with Crippen molar-refractivity contribution >= 4 is 5.97 Å². The minimum absolute atomic E-state index is 0.160. The van der Waals surface area contributed by atoms with Crippen LogP contribution in [0.5, 0.6) is 0 Å². The maximum atomic E-state index is 11.6. The number of nitrogens with zero attached hydrogens (tertiary/aromatic N) is 3. The number of rotatable bonds is 6. The van der Waals surface area contributed by atoms with Gasteiger partial charge in [-0.3, -0.25) is 14.4 Å². The van der Waals surface area contributed by atoms with Crippen LogP contribution in [-0.2, 0) is 17.9 Å². The Balaban J connectivity index is 2.00. The Labute approximate surface area is 120 Å². The first-order valence-electron chi connectivity index (χ1n) is 7.45. The molecular weight excluding hydrogens is 254 g/mol. The third kappa shape index (κ3) is 2.87. The van der Waals surface area contributed by atoms with Crippen LogP contribution in [0.3, 0.4) is 0 Å². The molecule has 0 radical (unpaired) electrons. The Morgan fingerprint density at radius 2 is 2.30 bits per heavy atom. The fraction of sp³-hybridized carbons (Fsp3) is 0.733. The zero-order valence-electron chi connectivity index (χ0n) is 12.7. The maximum absolute atomic E-state index is 11.6. The van der Waals surface area contributed by atoms with Gasteiger partial charge >= 0.3 is 5.97 Å². The van der Waals surface area contributed by atoms with Crippen molar-refractivity contribution in [3.8, 4) is 0 Å². The van der Waals surface area contributed by atoms with Crippen LogP contribution in [0.2, 0.25) is 0 Å². The highest BCUT2D eigenvalue weighted by Crippen LogP contribution is 2.38. The molecule has 1 aliphatic rings. The molecule has 1 atom stereocenters. The van der Waals surface area contributed by atoms with Crippen LogP contribution in [0.25, 0.3) is 0 Å². The monoisotopic (exact) mass is 279 g/mol. The van der Waals surface area contributed by atoms with Crippen LogP contribution >= 0.6 is 0 Å². The molecule has 2 heterocycles. The van der Waals surface area contributed by atoms with Gasteiger partial charge in [-0.15, -0.1) is 0 Å². The molecule has 0 spiro atoms. The molecule has 20 heavy (non-hydrogen) atoms. The van der Waals surface area contributed by atoms with Crippen molar-refractivity contribution in [2.45, 2.75) is 46.7 Å². The molecule has 1 saturated heterocycles. The van der Waals surface area contributed by atoms with Crippen LogP contribution < -0.4 is 0 Å². The van der Waals surface area contributed by atoms with Crippen LogP contribution in [0, 0.1) is 11.3 Å². The maximum Gasteiger partial charge on any atom is 0.311 e. The molecule has 1 aromatic rings. The van der Waals surface area contributed by atoms with E-state index >= 15 is 0 Å². The minimum atomic E-state index is -0.656. The molecule has 0 saturated carbocycles. The molecule has 1 aromatic heterocycles. The zero-order valence-corrected chi connectivity index (χ0v) is 12.7. The van der Waals surface area contributed by atoms with Gasteiger partial charge in [-0.2, -0.15) is 5.10 Å². The number of carbonyl (C=O) groups is 1. The highest BCUT2D eigenvalue weighted by molar-refractivity contribution is 5.75. The molecule has 2 rings (SSSR count). The summed E-state index contributed by atoms with van der Waals surface area (Å²) in [6.07, 6.45) is 5.77. The molecule has 0 amide bonds. The molecule has 1 aliphatic heterocycles. The van der Waals surface area contributed by atoms with E-state index in [-0.39, 0.29) is 5.92 Å². The van der Waals surface area contributed by atoms with Gasteiger partial charge in [0.25, 0.3) is 0 Å². The number of aromatic nitrogens is 2. The molecular formula is C15H25N3O2. The Bertz CT molecular complexity index is 469. The van der Waals surface area contributed by atoms with E-state index in [0.29, 0.717) is 6.54 Å². The second-order valence-corrected chi connectivity index (χ2v) is 6.19. The third-order valence-electron chi connectivity index (χ3n) is 4.46. The van der Waals surface area contributed by atoms with E-state index < -0.39 is 11.4 Å². The molecule has 1 N–H and O–H groups in total. The zero-order chi connectivity index (χ0) is 14.8. The summed E-state index contributed by atoms with van der Waals surface area (Å²) in [5, 5.41) is 13.9. The van der Waals surface area contributed by atoms with E-state index in [1.54, 1.807) is 0 Å². The summed E-state index contributed by atoms with van der Waals surface area (Å²) in [5.74, 6) is -0.496. The lowest BCUT2D eigenvalue weighted by Crippen LogP contribution is -2.39. The predicted molar refractivity (Wildman–Crippen MR) is 77.3 cm³/mol. The summed E-state index contributed by atoms with van der Waals surface area (Å²) >= 11 is 0. The lowest BCUT2D eigenvalue weighted by molar-refractivity contribution is -0.151. The first-order valence-corrected chi connectivity index (χ1v) is 7.45. The van der Waals surface area contributed by atoms with Crippen molar-refractivity contribution in [3.63, 3.8) is 0 Å². The molecule has 112 valence electrons. The second-order valence-electron chi connectivity index (χ2n) is 6.19. The Morgan fingerprint density at radius 3 is 2.85 bits per heavy atom. The van der Waals surface area contributed by atoms with Gasteiger partial charge in [-0.1, -0.05) is 20.8 Å². The molecule has 5 heteroatoms. The van der Waals surface area contributed by atoms with E-state index in [4.69, 9.17) is 0 Å². The lowest BCUT2D eigenvalue weighted by Gasteiger charge is -2.28. The Hall–Kier alpha value is -1.36. The lowest BCUT2D eigenvalue weighted by atomic mass is 9.76. The van der Waals surface area contributed by atoms with Gasteiger partial charge < -0.3 is 5.11 Å². The average Bonchev–Trinajstić information content (AvgIpc) is 2.98. The number of carboxylic acid groups (broad SMARTS) is 1. The quantitative estimate of drug-likeness (QED) is 0.867. The average molecular weight is 279 g/mol. The largest absolute Gasteiger partial charge is 0.481 e. The molecule has 5 nitrogen and oxygen atoms in total. The van der Waals surface area contributed by atoms with Crippen molar-refractivity contribution in [2.24, 2.45) is 11.3 Å². The van der Waals surface area contributed by atoms with Crippen LogP contribution in [-0.4, -0.2) is 38.8 Å². The topological polar surface area (TPSA) is 58.4 Å². The first-order chi connectivity index (χ1) is 9.48. The Kier molecular flexibility index (Phi) is 4.48. The Morgan fingerprint density at radius 1 is 1.55 bits per heavy atom. The van der Waals surface area contributed by atoms with Gasteiger partial charge in [0.1, 0.15) is 0 Å². The van der Waals surface area contributed by atoms with Crippen LogP contribution in [0.15, 0.2) is 12.4 Å². The normalized spacial score (nSPS) is 23.6. The van der Waals surface area contributed by atoms with Crippen LogP contribution in [0.1, 0.15) is 39.2 Å². The van der Waals surface area contributed by atoms with Crippen molar-refractivity contribution in [1.29, 1.82) is 0 Å². The van der Waals surface area contributed by atoms with Crippen LogP contribution in [0.4, 0.5) is 0 Å². The van der Waals surface area contributed by atoms with E-state index in [9.17, 15) is 9.90 Å². The van der Waals surface area contributed by atoms with Crippen molar-refractivity contribution in [1.82, 2.24) is 14.7 Å². The second kappa shape index (κ2) is 5.95. The van der Waals surface area contributed by atoms with Crippen molar-refractivity contribution in [2.75, 3.05) is 13.1 Å². The van der Waals surface area contributed by atoms with E-state index in [2.05, 4.69) is 23.1 Å². The minimum Gasteiger partial charge on any atom is -0.481 e. The number of hydrogen-bond donors (Lipinski definition) is 1. The number of aliphatic carboxylic acids is 1. The van der Waals surface area contributed by atoms with E-state index in [1.165, 1.54) is 5.56 Å². The fourth-order valence-corrected chi connectivity index (χ4v) is 3.04. The van der Waals surface area contributed by atoms with Gasteiger partial charge in [-0.05, 0) is 25.3 Å². The van der Waals surface area contributed by atoms with E-state index in [1.807, 2.05) is 24.7 Å². The predicted octanol–water partition coefficient (Wildman–Crippen LogP) is 2.23. The highest BCUT2D eigenvalue weighted by Gasteiger charge is 2.47. The molecule has 1 fully saturated rings. The first kappa shape index (κ1) is 15.0. The smallest absolute Gasteiger partial charge is 0.311 e. The van der Waals surface area contributed by atoms with Gasteiger partial charge in [-0.25, -0.2) is 0 Å². The SMILES string of the molecule is CCCn1cc(CN2CCC(C(=O)O)(C(C)C)C2)cn1. The van der Waals surface area contributed by atoms with Crippen molar-refractivity contribution < 1.29 is 9.90 Å². The fourth-order valence-electron chi connectivity index (χ4n) is 3.04. The molecule has 0 aliphatic carbocycles.